The van der Waals surface area contributed by atoms with Crippen molar-refractivity contribution in [3.63, 3.8) is 0 Å². The molecule has 1 heterocycles. The summed E-state index contributed by atoms with van der Waals surface area (Å²) in [6.45, 7) is 9.15. The van der Waals surface area contributed by atoms with E-state index in [1.165, 1.54) is 11.3 Å². The van der Waals surface area contributed by atoms with Crippen LogP contribution in [0.4, 0.5) is 0 Å². The molecule has 1 unspecified atom stereocenters. The highest BCUT2D eigenvalue weighted by Crippen LogP contribution is 2.13. The van der Waals surface area contributed by atoms with Gasteiger partial charge in [-0.3, -0.25) is 4.68 Å². The number of hydrogen-bond acceptors (Lipinski definition) is 2. The average molecular weight is 181 g/mol. The van der Waals surface area contributed by atoms with Crippen LogP contribution in [0.5, 0.6) is 0 Å². The molecular formula is C10H19N3. The van der Waals surface area contributed by atoms with Crippen LogP contribution in [0.2, 0.25) is 0 Å². The van der Waals surface area contributed by atoms with E-state index in [-0.39, 0.29) is 6.04 Å². The zero-order valence-electron chi connectivity index (χ0n) is 8.96. The summed E-state index contributed by atoms with van der Waals surface area (Å²) in [4.78, 5) is 0. The van der Waals surface area contributed by atoms with Crippen LogP contribution in [0.15, 0.2) is 0 Å². The fourth-order valence-corrected chi connectivity index (χ4v) is 1.70. The third kappa shape index (κ3) is 2.10. The van der Waals surface area contributed by atoms with E-state index in [1.807, 2.05) is 11.6 Å². The third-order valence-electron chi connectivity index (χ3n) is 2.35. The lowest BCUT2D eigenvalue weighted by molar-refractivity contribution is 0.525. The molecule has 13 heavy (non-hydrogen) atoms. The first-order valence-electron chi connectivity index (χ1n) is 4.84. The Morgan fingerprint density at radius 3 is 2.46 bits per heavy atom. The van der Waals surface area contributed by atoms with Crippen molar-refractivity contribution in [1.82, 2.24) is 9.78 Å². The second-order valence-corrected chi connectivity index (χ2v) is 3.66. The second-order valence-electron chi connectivity index (χ2n) is 3.66. The van der Waals surface area contributed by atoms with E-state index in [0.717, 1.165) is 18.7 Å². The van der Waals surface area contributed by atoms with Crippen LogP contribution in [0.25, 0.3) is 0 Å². The minimum absolute atomic E-state index is 0.169. The van der Waals surface area contributed by atoms with E-state index in [1.54, 1.807) is 0 Å². The van der Waals surface area contributed by atoms with Gasteiger partial charge in [-0.05, 0) is 32.8 Å². The molecule has 3 nitrogen and oxygen atoms in total. The molecular weight excluding hydrogens is 162 g/mol. The summed E-state index contributed by atoms with van der Waals surface area (Å²) in [5.41, 5.74) is 9.50. The van der Waals surface area contributed by atoms with Crippen molar-refractivity contribution in [3.05, 3.63) is 17.0 Å². The van der Waals surface area contributed by atoms with Crippen molar-refractivity contribution >= 4 is 0 Å². The van der Waals surface area contributed by atoms with Gasteiger partial charge >= 0.3 is 0 Å². The number of rotatable bonds is 3. The van der Waals surface area contributed by atoms with Crippen molar-refractivity contribution in [2.24, 2.45) is 5.73 Å². The third-order valence-corrected chi connectivity index (χ3v) is 2.35. The lowest BCUT2D eigenvalue weighted by Crippen LogP contribution is -2.23. The minimum Gasteiger partial charge on any atom is -0.326 e. The Balaban J connectivity index is 2.96. The Morgan fingerprint density at radius 2 is 2.08 bits per heavy atom. The summed E-state index contributed by atoms with van der Waals surface area (Å²) in [7, 11) is 0. The van der Waals surface area contributed by atoms with Crippen molar-refractivity contribution < 1.29 is 0 Å². The fraction of sp³-hybridized carbons (Fsp3) is 0.700. The van der Waals surface area contributed by atoms with Crippen LogP contribution < -0.4 is 5.73 Å². The minimum atomic E-state index is 0.169. The summed E-state index contributed by atoms with van der Waals surface area (Å²) in [5.74, 6) is 0. The van der Waals surface area contributed by atoms with E-state index in [2.05, 4.69) is 25.9 Å². The summed E-state index contributed by atoms with van der Waals surface area (Å²) in [5, 5.41) is 4.46. The summed E-state index contributed by atoms with van der Waals surface area (Å²) < 4.78 is 2.01. The molecule has 0 amide bonds. The average Bonchev–Trinajstić information content (AvgIpc) is 2.26. The van der Waals surface area contributed by atoms with Gasteiger partial charge in [0, 0.05) is 11.7 Å². The molecule has 3 heteroatoms. The van der Waals surface area contributed by atoms with Crippen LogP contribution >= 0.6 is 0 Å². The van der Waals surface area contributed by atoms with Gasteiger partial charge < -0.3 is 5.73 Å². The quantitative estimate of drug-likeness (QED) is 0.766. The van der Waals surface area contributed by atoms with Gasteiger partial charge in [0.2, 0.25) is 0 Å². The highest BCUT2D eigenvalue weighted by atomic mass is 15.3. The van der Waals surface area contributed by atoms with Gasteiger partial charge in [0.1, 0.15) is 0 Å². The van der Waals surface area contributed by atoms with Gasteiger partial charge in [-0.2, -0.15) is 5.10 Å². The van der Waals surface area contributed by atoms with Crippen LogP contribution in [0, 0.1) is 13.8 Å². The molecule has 0 aliphatic carbocycles. The number of aryl methyl sites for hydroxylation is 1. The molecule has 0 spiro atoms. The molecule has 0 saturated carbocycles. The smallest absolute Gasteiger partial charge is 0.0628 e. The maximum absolute atomic E-state index is 5.73. The van der Waals surface area contributed by atoms with Crippen LogP contribution in [0.1, 0.15) is 30.8 Å². The molecule has 0 bridgehead atoms. The van der Waals surface area contributed by atoms with E-state index >= 15 is 0 Å². The predicted octanol–water partition coefficient (Wildman–Crippen LogP) is 1.41. The van der Waals surface area contributed by atoms with E-state index < -0.39 is 0 Å². The molecule has 0 aliphatic heterocycles. The van der Waals surface area contributed by atoms with E-state index in [0.29, 0.717) is 0 Å². The lowest BCUT2D eigenvalue weighted by Gasteiger charge is -2.07. The highest BCUT2D eigenvalue weighted by molar-refractivity contribution is 5.24. The van der Waals surface area contributed by atoms with Gasteiger partial charge in [0.05, 0.1) is 12.2 Å². The van der Waals surface area contributed by atoms with Crippen molar-refractivity contribution in [1.29, 1.82) is 0 Å². The molecule has 1 aromatic rings. The first kappa shape index (κ1) is 10.3. The summed E-state index contributed by atoms with van der Waals surface area (Å²) >= 11 is 0. The lowest BCUT2D eigenvalue weighted by atomic mass is 10.1. The standard InChI is InChI=1S/C10H19N3/c1-5-10-8(3)12-13(9(10)4)6-7(2)11/h7H,5-6,11H2,1-4H3. The fourth-order valence-electron chi connectivity index (χ4n) is 1.70. The molecule has 1 atom stereocenters. The molecule has 74 valence electrons. The van der Waals surface area contributed by atoms with Gasteiger partial charge in [0.25, 0.3) is 0 Å². The van der Waals surface area contributed by atoms with Crippen LogP contribution in [-0.2, 0) is 13.0 Å². The second kappa shape index (κ2) is 3.92. The summed E-state index contributed by atoms with van der Waals surface area (Å²) in [6, 6.07) is 0.169. The number of nitrogens with zero attached hydrogens (tertiary/aromatic N) is 2. The monoisotopic (exact) mass is 181 g/mol. The molecule has 1 rings (SSSR count). The topological polar surface area (TPSA) is 43.8 Å². The first-order chi connectivity index (χ1) is 6.06. The SMILES string of the molecule is CCc1c(C)nn(CC(C)N)c1C. The van der Waals surface area contributed by atoms with Gasteiger partial charge in [-0.25, -0.2) is 0 Å². The van der Waals surface area contributed by atoms with Crippen molar-refractivity contribution in [3.8, 4) is 0 Å². The Labute approximate surface area is 79.9 Å². The summed E-state index contributed by atoms with van der Waals surface area (Å²) in [6.07, 6.45) is 1.05. The predicted molar refractivity (Wildman–Crippen MR) is 54.7 cm³/mol. The van der Waals surface area contributed by atoms with Gasteiger partial charge in [-0.1, -0.05) is 6.92 Å². The number of hydrogen-bond donors (Lipinski definition) is 1. The molecule has 0 fully saturated rings. The zero-order valence-corrected chi connectivity index (χ0v) is 8.96. The van der Waals surface area contributed by atoms with Crippen LogP contribution in [-0.4, -0.2) is 15.8 Å². The Hall–Kier alpha value is -0.830. The molecule has 2 N–H and O–H groups in total. The van der Waals surface area contributed by atoms with E-state index in [4.69, 9.17) is 5.73 Å². The molecule has 0 aromatic carbocycles. The molecule has 0 radical (unpaired) electrons. The maximum Gasteiger partial charge on any atom is 0.0628 e. The molecule has 0 saturated heterocycles. The Bertz CT molecular complexity index is 287. The zero-order chi connectivity index (χ0) is 10.0. The van der Waals surface area contributed by atoms with Crippen molar-refractivity contribution in [2.75, 3.05) is 0 Å². The maximum atomic E-state index is 5.73. The highest BCUT2D eigenvalue weighted by Gasteiger charge is 2.09. The molecule has 1 aromatic heterocycles. The van der Waals surface area contributed by atoms with Gasteiger partial charge in [-0.15, -0.1) is 0 Å². The van der Waals surface area contributed by atoms with Crippen LogP contribution in [0.3, 0.4) is 0 Å². The number of nitrogens with two attached hydrogens (primary N) is 1. The Morgan fingerprint density at radius 1 is 1.46 bits per heavy atom. The van der Waals surface area contributed by atoms with Gasteiger partial charge in [0.15, 0.2) is 0 Å². The van der Waals surface area contributed by atoms with E-state index in [9.17, 15) is 0 Å². The Kier molecular flexibility index (Phi) is 3.09. The largest absolute Gasteiger partial charge is 0.326 e. The molecule has 0 aliphatic rings. The number of aromatic nitrogens is 2. The van der Waals surface area contributed by atoms with Crippen molar-refractivity contribution in [2.45, 2.75) is 46.7 Å². The normalized spacial score (nSPS) is 13.3. The first-order valence-corrected chi connectivity index (χ1v) is 4.84.